The Morgan fingerprint density at radius 2 is 2.13 bits per heavy atom. The maximum atomic E-state index is 5.73. The molecule has 0 amide bonds. The molecule has 126 valence electrons. The molecule has 0 unspecified atom stereocenters. The Morgan fingerprint density at radius 3 is 2.87 bits per heavy atom. The van der Waals surface area contributed by atoms with Gasteiger partial charge in [0.15, 0.2) is 17.5 Å². The fraction of sp³-hybridized carbons (Fsp3) is 0.500. The monoisotopic (exact) mass is 317 g/mol. The number of fused-ring (bicyclic) bond motifs is 1. The van der Waals surface area contributed by atoms with E-state index in [0.29, 0.717) is 19.8 Å². The van der Waals surface area contributed by atoms with Crippen molar-refractivity contribution in [3.05, 3.63) is 36.4 Å². The van der Waals surface area contributed by atoms with Crippen LogP contribution in [0.4, 0.5) is 0 Å². The van der Waals surface area contributed by atoms with Crippen LogP contribution in [0, 0.1) is 0 Å². The highest BCUT2D eigenvalue weighted by Gasteiger charge is 2.11. The molecule has 0 fully saturated rings. The largest absolute Gasteiger partial charge is 0.490 e. The molecular weight excluding hydrogens is 290 g/mol. The number of rotatable bonds is 6. The van der Waals surface area contributed by atoms with Crippen LogP contribution < -0.4 is 14.8 Å². The number of benzene rings is 1. The topological polar surface area (TPSA) is 46.1 Å². The van der Waals surface area contributed by atoms with Gasteiger partial charge in [-0.05, 0) is 30.5 Å². The Labute approximate surface area is 139 Å². The lowest BCUT2D eigenvalue weighted by molar-refractivity contribution is 0.297. The maximum Gasteiger partial charge on any atom is 0.193 e. The number of unbranched alkanes of at least 4 members (excludes halogenated alkanes) is 1. The van der Waals surface area contributed by atoms with E-state index in [1.165, 1.54) is 0 Å². The van der Waals surface area contributed by atoms with Crippen LogP contribution in [0.25, 0.3) is 0 Å². The molecule has 0 atom stereocenters. The predicted molar refractivity (Wildman–Crippen MR) is 94.3 cm³/mol. The molecule has 23 heavy (non-hydrogen) atoms. The van der Waals surface area contributed by atoms with Crippen molar-refractivity contribution < 1.29 is 9.47 Å². The van der Waals surface area contributed by atoms with Crippen LogP contribution in [-0.4, -0.2) is 44.7 Å². The van der Waals surface area contributed by atoms with Gasteiger partial charge in [-0.1, -0.05) is 12.1 Å². The van der Waals surface area contributed by atoms with E-state index in [1.807, 2.05) is 25.3 Å². The van der Waals surface area contributed by atoms with Gasteiger partial charge in [0.2, 0.25) is 0 Å². The van der Waals surface area contributed by atoms with Crippen LogP contribution in [0.1, 0.15) is 24.8 Å². The Bertz CT molecular complexity index is 543. The lowest BCUT2D eigenvalue weighted by Crippen LogP contribution is -2.38. The van der Waals surface area contributed by atoms with Crippen molar-refractivity contribution in [2.75, 3.05) is 33.9 Å². The quantitative estimate of drug-likeness (QED) is 0.379. The van der Waals surface area contributed by atoms with E-state index in [-0.39, 0.29) is 0 Å². The van der Waals surface area contributed by atoms with E-state index in [4.69, 9.17) is 9.47 Å². The summed E-state index contributed by atoms with van der Waals surface area (Å²) < 4.78 is 11.4. The van der Waals surface area contributed by atoms with Crippen LogP contribution >= 0.6 is 0 Å². The average Bonchev–Trinajstić information content (AvgIpc) is 2.80. The molecule has 1 heterocycles. The Morgan fingerprint density at radius 1 is 1.35 bits per heavy atom. The smallest absolute Gasteiger partial charge is 0.193 e. The normalized spacial score (nSPS) is 14.1. The number of guanidine groups is 1. The summed E-state index contributed by atoms with van der Waals surface area (Å²) in [6, 6.07) is 6.08. The van der Waals surface area contributed by atoms with Gasteiger partial charge in [0.05, 0.1) is 13.2 Å². The van der Waals surface area contributed by atoms with Crippen LogP contribution in [0.3, 0.4) is 0 Å². The third-order valence-corrected chi connectivity index (χ3v) is 3.74. The second-order valence-corrected chi connectivity index (χ2v) is 5.58. The van der Waals surface area contributed by atoms with Gasteiger partial charge in [0.1, 0.15) is 0 Å². The molecule has 0 saturated heterocycles. The van der Waals surface area contributed by atoms with Gasteiger partial charge < -0.3 is 19.7 Å². The molecular formula is C18H27N3O2. The minimum atomic E-state index is 0.703. The number of ether oxygens (including phenoxy) is 2. The van der Waals surface area contributed by atoms with Crippen molar-refractivity contribution in [1.82, 2.24) is 10.2 Å². The number of hydrogen-bond donors (Lipinski definition) is 1. The Hall–Kier alpha value is -2.17. The molecule has 0 spiro atoms. The molecule has 0 aromatic heterocycles. The van der Waals surface area contributed by atoms with Gasteiger partial charge in [-0.3, -0.25) is 4.99 Å². The highest BCUT2D eigenvalue weighted by atomic mass is 16.5. The van der Waals surface area contributed by atoms with Crippen molar-refractivity contribution >= 4 is 5.96 Å². The first-order valence-corrected chi connectivity index (χ1v) is 8.16. The Kier molecular flexibility index (Phi) is 6.78. The summed E-state index contributed by atoms with van der Waals surface area (Å²) in [5.74, 6) is 2.55. The second kappa shape index (κ2) is 9.08. The molecule has 5 heteroatoms. The summed E-state index contributed by atoms with van der Waals surface area (Å²) in [4.78, 5) is 6.47. The number of allylic oxidation sites excluding steroid dienone is 1. The summed E-state index contributed by atoms with van der Waals surface area (Å²) in [5, 5.41) is 3.39. The van der Waals surface area contributed by atoms with Crippen molar-refractivity contribution in [3.8, 4) is 11.5 Å². The van der Waals surface area contributed by atoms with E-state index in [9.17, 15) is 0 Å². The summed E-state index contributed by atoms with van der Waals surface area (Å²) in [6.45, 7) is 6.83. The van der Waals surface area contributed by atoms with E-state index in [0.717, 1.165) is 48.8 Å². The molecule has 1 aliphatic rings. The summed E-state index contributed by atoms with van der Waals surface area (Å²) in [6.07, 6.45) is 4.96. The van der Waals surface area contributed by atoms with E-state index >= 15 is 0 Å². The van der Waals surface area contributed by atoms with Crippen molar-refractivity contribution in [2.24, 2.45) is 4.99 Å². The SMILES string of the molecule is C=CCCCN(C)C(=NC)NCc1ccc2c(c1)OCCCO2. The second-order valence-electron chi connectivity index (χ2n) is 5.58. The number of aliphatic imine (C=N–C) groups is 1. The van der Waals surface area contributed by atoms with E-state index in [2.05, 4.69) is 27.9 Å². The van der Waals surface area contributed by atoms with Crippen LogP contribution in [0.5, 0.6) is 11.5 Å². The summed E-state index contributed by atoms with van der Waals surface area (Å²) in [7, 11) is 3.85. The predicted octanol–water partition coefficient (Wildman–Crippen LogP) is 2.82. The lowest BCUT2D eigenvalue weighted by atomic mass is 10.2. The van der Waals surface area contributed by atoms with E-state index in [1.54, 1.807) is 7.05 Å². The third-order valence-electron chi connectivity index (χ3n) is 3.74. The molecule has 0 aliphatic carbocycles. The van der Waals surface area contributed by atoms with Gasteiger partial charge in [0.25, 0.3) is 0 Å². The van der Waals surface area contributed by atoms with Crippen LogP contribution in [0.15, 0.2) is 35.8 Å². The average molecular weight is 317 g/mol. The molecule has 0 bridgehead atoms. The highest BCUT2D eigenvalue weighted by molar-refractivity contribution is 5.79. The number of hydrogen-bond acceptors (Lipinski definition) is 3. The van der Waals surface area contributed by atoms with Crippen molar-refractivity contribution in [3.63, 3.8) is 0 Å². The molecule has 2 rings (SSSR count). The molecule has 1 aromatic carbocycles. The summed E-state index contributed by atoms with van der Waals surface area (Å²) in [5.41, 5.74) is 1.15. The first kappa shape index (κ1) is 17.2. The van der Waals surface area contributed by atoms with E-state index < -0.39 is 0 Å². The van der Waals surface area contributed by atoms with Crippen molar-refractivity contribution in [1.29, 1.82) is 0 Å². The zero-order valence-electron chi connectivity index (χ0n) is 14.2. The Balaban J connectivity index is 1.91. The first-order chi connectivity index (χ1) is 11.2. The van der Waals surface area contributed by atoms with Gasteiger partial charge in [-0.2, -0.15) is 0 Å². The lowest BCUT2D eigenvalue weighted by Gasteiger charge is -2.22. The number of nitrogens with zero attached hydrogens (tertiary/aromatic N) is 2. The van der Waals surface area contributed by atoms with Crippen molar-refractivity contribution in [2.45, 2.75) is 25.8 Å². The zero-order chi connectivity index (χ0) is 16.5. The molecule has 1 aliphatic heterocycles. The minimum absolute atomic E-state index is 0.703. The number of nitrogens with one attached hydrogen (secondary N) is 1. The molecule has 1 aromatic rings. The molecule has 1 N–H and O–H groups in total. The molecule has 0 radical (unpaired) electrons. The van der Waals surface area contributed by atoms with Gasteiger partial charge in [0, 0.05) is 33.6 Å². The minimum Gasteiger partial charge on any atom is -0.490 e. The first-order valence-electron chi connectivity index (χ1n) is 8.16. The fourth-order valence-corrected chi connectivity index (χ4v) is 2.46. The highest BCUT2D eigenvalue weighted by Crippen LogP contribution is 2.30. The zero-order valence-corrected chi connectivity index (χ0v) is 14.2. The van der Waals surface area contributed by atoms with Gasteiger partial charge in [-0.25, -0.2) is 0 Å². The van der Waals surface area contributed by atoms with Gasteiger partial charge >= 0.3 is 0 Å². The fourth-order valence-electron chi connectivity index (χ4n) is 2.46. The standard InChI is InChI=1S/C18H27N3O2/c1-4-5-6-10-21(3)18(19-2)20-14-15-8-9-16-17(13-15)23-12-7-11-22-16/h4,8-9,13H,1,5-7,10-12,14H2,2-3H3,(H,19,20). The van der Waals surface area contributed by atoms with Crippen LogP contribution in [0.2, 0.25) is 0 Å². The summed E-state index contributed by atoms with van der Waals surface area (Å²) >= 11 is 0. The maximum absolute atomic E-state index is 5.73. The van der Waals surface area contributed by atoms with Crippen LogP contribution in [-0.2, 0) is 6.54 Å². The molecule has 0 saturated carbocycles. The third kappa shape index (κ3) is 5.20. The molecule has 5 nitrogen and oxygen atoms in total. The van der Waals surface area contributed by atoms with Gasteiger partial charge in [-0.15, -0.1) is 6.58 Å².